The van der Waals surface area contributed by atoms with Crippen molar-refractivity contribution in [3.63, 3.8) is 0 Å². The Balaban J connectivity index is 1.31. The van der Waals surface area contributed by atoms with Gasteiger partial charge in [0.1, 0.15) is 5.69 Å². The van der Waals surface area contributed by atoms with Crippen molar-refractivity contribution in [1.29, 1.82) is 0 Å². The van der Waals surface area contributed by atoms with E-state index in [0.717, 1.165) is 68.8 Å². The minimum atomic E-state index is 0.550. The molecule has 1 unspecified atom stereocenters. The number of hydrogen-bond acceptors (Lipinski definition) is 5. The molecule has 2 N–H and O–H groups in total. The van der Waals surface area contributed by atoms with E-state index in [4.69, 9.17) is 14.0 Å². The van der Waals surface area contributed by atoms with Crippen molar-refractivity contribution in [2.24, 2.45) is 10.9 Å². The van der Waals surface area contributed by atoms with Gasteiger partial charge in [-0.15, -0.1) is 0 Å². The van der Waals surface area contributed by atoms with Gasteiger partial charge in [-0.25, -0.2) is 0 Å². The molecule has 0 spiro atoms. The maximum Gasteiger partial charge on any atom is 0.191 e. The lowest BCUT2D eigenvalue weighted by Crippen LogP contribution is -2.37. The van der Waals surface area contributed by atoms with E-state index in [1.165, 1.54) is 0 Å². The van der Waals surface area contributed by atoms with Gasteiger partial charge in [0.25, 0.3) is 0 Å². The van der Waals surface area contributed by atoms with Gasteiger partial charge in [-0.1, -0.05) is 35.5 Å². The molecule has 1 saturated heterocycles. The van der Waals surface area contributed by atoms with E-state index in [2.05, 4.69) is 20.8 Å². The lowest BCUT2D eigenvalue weighted by Gasteiger charge is -2.12. The average Bonchev–Trinajstić information content (AvgIpc) is 3.39. The molecular weight excluding hydrogens is 344 g/mol. The van der Waals surface area contributed by atoms with Crippen LogP contribution in [0.25, 0.3) is 11.3 Å². The summed E-state index contributed by atoms with van der Waals surface area (Å²) in [7, 11) is 1.75. The first-order valence-electron chi connectivity index (χ1n) is 9.46. The second-order valence-electron chi connectivity index (χ2n) is 6.56. The highest BCUT2D eigenvalue weighted by Gasteiger charge is 2.15. The molecule has 0 amide bonds. The molecule has 0 radical (unpaired) electrons. The van der Waals surface area contributed by atoms with E-state index < -0.39 is 0 Å². The minimum Gasteiger partial charge on any atom is -0.381 e. The number of benzene rings is 1. The fourth-order valence-corrected chi connectivity index (χ4v) is 2.87. The van der Waals surface area contributed by atoms with Crippen LogP contribution in [0.1, 0.15) is 18.5 Å². The summed E-state index contributed by atoms with van der Waals surface area (Å²) in [5, 5.41) is 10.6. The largest absolute Gasteiger partial charge is 0.381 e. The summed E-state index contributed by atoms with van der Waals surface area (Å²) >= 11 is 0. The van der Waals surface area contributed by atoms with Crippen LogP contribution in [0.3, 0.4) is 0 Å². The van der Waals surface area contributed by atoms with E-state index in [-0.39, 0.29) is 0 Å². The monoisotopic (exact) mass is 372 g/mol. The molecule has 2 aromatic rings. The molecule has 1 aliphatic heterocycles. The molecule has 7 nitrogen and oxygen atoms in total. The van der Waals surface area contributed by atoms with Crippen molar-refractivity contribution in [1.82, 2.24) is 15.8 Å². The number of nitrogens with zero attached hydrogens (tertiary/aromatic N) is 2. The third kappa shape index (κ3) is 6.37. The number of aromatic nitrogens is 1. The molecule has 27 heavy (non-hydrogen) atoms. The SMILES string of the molecule is CN=C(NCCCOCC1CCOC1)NCc1cc(-c2ccccc2)on1. The van der Waals surface area contributed by atoms with Crippen molar-refractivity contribution in [3.05, 3.63) is 42.1 Å². The Morgan fingerprint density at radius 3 is 2.96 bits per heavy atom. The summed E-state index contributed by atoms with van der Waals surface area (Å²) in [4.78, 5) is 4.23. The van der Waals surface area contributed by atoms with Crippen molar-refractivity contribution in [2.45, 2.75) is 19.4 Å². The summed E-state index contributed by atoms with van der Waals surface area (Å²) < 4.78 is 16.5. The molecule has 0 saturated carbocycles. The molecule has 146 valence electrons. The molecule has 1 atom stereocenters. The van der Waals surface area contributed by atoms with Crippen LogP contribution in [0.2, 0.25) is 0 Å². The molecular formula is C20H28N4O3. The maximum absolute atomic E-state index is 5.70. The second kappa shape index (κ2) is 10.7. The standard InChI is InChI=1S/C20H28N4O3/c1-21-20(22-9-5-10-25-14-16-8-11-26-15-16)23-13-18-12-19(27-24-18)17-6-3-2-4-7-17/h2-4,6-7,12,16H,5,8-11,13-15H2,1H3,(H2,21,22,23). The summed E-state index contributed by atoms with van der Waals surface area (Å²) in [5.74, 6) is 2.07. The van der Waals surface area contributed by atoms with Crippen molar-refractivity contribution >= 4 is 5.96 Å². The zero-order valence-electron chi connectivity index (χ0n) is 15.8. The number of hydrogen-bond donors (Lipinski definition) is 2. The van der Waals surface area contributed by atoms with Crippen LogP contribution in [0.5, 0.6) is 0 Å². The molecule has 3 rings (SSSR count). The lowest BCUT2D eigenvalue weighted by atomic mass is 10.1. The first-order chi connectivity index (χ1) is 13.3. The fraction of sp³-hybridized carbons (Fsp3) is 0.500. The Hall–Kier alpha value is -2.38. The second-order valence-corrected chi connectivity index (χ2v) is 6.56. The van der Waals surface area contributed by atoms with Crippen LogP contribution in [0.4, 0.5) is 0 Å². The maximum atomic E-state index is 5.70. The number of rotatable bonds is 9. The molecule has 1 fully saturated rings. The molecule has 1 aromatic heterocycles. The predicted molar refractivity (Wildman–Crippen MR) is 105 cm³/mol. The van der Waals surface area contributed by atoms with E-state index in [1.807, 2.05) is 36.4 Å². The van der Waals surface area contributed by atoms with Crippen LogP contribution in [0, 0.1) is 5.92 Å². The first-order valence-corrected chi connectivity index (χ1v) is 9.46. The Kier molecular flexibility index (Phi) is 7.68. The Bertz CT molecular complexity index is 696. The fourth-order valence-electron chi connectivity index (χ4n) is 2.87. The van der Waals surface area contributed by atoms with Gasteiger partial charge in [-0.3, -0.25) is 4.99 Å². The lowest BCUT2D eigenvalue weighted by molar-refractivity contribution is 0.0888. The highest BCUT2D eigenvalue weighted by atomic mass is 16.5. The van der Waals surface area contributed by atoms with Crippen molar-refractivity contribution in [3.8, 4) is 11.3 Å². The van der Waals surface area contributed by atoms with E-state index in [0.29, 0.717) is 12.5 Å². The number of aliphatic imine (C=N–C) groups is 1. The van der Waals surface area contributed by atoms with Crippen molar-refractivity contribution < 1.29 is 14.0 Å². The molecule has 2 heterocycles. The zero-order chi connectivity index (χ0) is 18.7. The molecule has 0 aliphatic carbocycles. The summed E-state index contributed by atoms with van der Waals surface area (Å²) in [6.07, 6.45) is 2.04. The highest BCUT2D eigenvalue weighted by Crippen LogP contribution is 2.19. The van der Waals surface area contributed by atoms with Gasteiger partial charge in [0.2, 0.25) is 0 Å². The van der Waals surface area contributed by atoms with Gasteiger partial charge in [0, 0.05) is 44.4 Å². The normalized spacial score (nSPS) is 17.2. The summed E-state index contributed by atoms with van der Waals surface area (Å²) in [6.45, 7) is 4.59. The first kappa shape index (κ1) is 19.4. The average molecular weight is 372 g/mol. The van der Waals surface area contributed by atoms with Gasteiger partial charge in [-0.05, 0) is 12.8 Å². The number of nitrogens with one attached hydrogen (secondary N) is 2. The van der Waals surface area contributed by atoms with E-state index in [1.54, 1.807) is 7.05 Å². The summed E-state index contributed by atoms with van der Waals surface area (Å²) in [5.41, 5.74) is 1.85. The molecule has 1 aliphatic rings. The van der Waals surface area contributed by atoms with Crippen LogP contribution in [0.15, 0.2) is 45.9 Å². The molecule has 0 bridgehead atoms. The van der Waals surface area contributed by atoms with E-state index >= 15 is 0 Å². The Morgan fingerprint density at radius 1 is 1.30 bits per heavy atom. The topological polar surface area (TPSA) is 80.9 Å². The minimum absolute atomic E-state index is 0.550. The predicted octanol–water partition coefficient (Wildman–Crippen LogP) is 2.45. The van der Waals surface area contributed by atoms with Gasteiger partial charge in [-0.2, -0.15) is 0 Å². The highest BCUT2D eigenvalue weighted by molar-refractivity contribution is 5.79. The third-order valence-corrected chi connectivity index (χ3v) is 4.41. The smallest absolute Gasteiger partial charge is 0.191 e. The van der Waals surface area contributed by atoms with Gasteiger partial charge >= 0.3 is 0 Å². The van der Waals surface area contributed by atoms with Gasteiger partial charge in [0.05, 0.1) is 19.8 Å². The van der Waals surface area contributed by atoms with Crippen LogP contribution < -0.4 is 10.6 Å². The summed E-state index contributed by atoms with van der Waals surface area (Å²) in [6, 6.07) is 11.9. The zero-order valence-corrected chi connectivity index (χ0v) is 15.8. The van der Waals surface area contributed by atoms with Crippen molar-refractivity contribution in [2.75, 3.05) is 40.0 Å². The Morgan fingerprint density at radius 2 is 2.19 bits per heavy atom. The van der Waals surface area contributed by atoms with Crippen LogP contribution >= 0.6 is 0 Å². The molecule has 7 heteroatoms. The third-order valence-electron chi connectivity index (χ3n) is 4.41. The number of ether oxygens (including phenoxy) is 2. The number of guanidine groups is 1. The quantitative estimate of drug-likeness (QED) is 0.400. The molecule has 1 aromatic carbocycles. The van der Waals surface area contributed by atoms with Crippen LogP contribution in [-0.2, 0) is 16.0 Å². The van der Waals surface area contributed by atoms with Crippen LogP contribution in [-0.4, -0.2) is 51.1 Å². The van der Waals surface area contributed by atoms with Gasteiger partial charge < -0.3 is 24.6 Å². The van der Waals surface area contributed by atoms with E-state index in [9.17, 15) is 0 Å². The van der Waals surface area contributed by atoms with Gasteiger partial charge in [0.15, 0.2) is 11.7 Å². The Labute approximate surface area is 160 Å².